The van der Waals surface area contributed by atoms with Crippen molar-refractivity contribution in [2.45, 2.75) is 13.0 Å². The molecule has 2 atom stereocenters. The van der Waals surface area contributed by atoms with Gasteiger partial charge in [0.2, 0.25) is 5.91 Å². The zero-order valence-electron chi connectivity index (χ0n) is 14.4. The highest BCUT2D eigenvalue weighted by Gasteiger charge is 2.24. The van der Waals surface area contributed by atoms with Crippen molar-refractivity contribution in [2.24, 2.45) is 11.7 Å². The third-order valence-corrected chi connectivity index (χ3v) is 4.00. The van der Waals surface area contributed by atoms with E-state index in [9.17, 15) is 9.18 Å². The first-order valence-electron chi connectivity index (χ1n) is 7.93. The molecule has 0 heterocycles. The maximum atomic E-state index is 12.8. The van der Waals surface area contributed by atoms with Crippen molar-refractivity contribution in [2.75, 3.05) is 20.2 Å². The Morgan fingerprint density at radius 2 is 1.76 bits per heavy atom. The zero-order chi connectivity index (χ0) is 17.5. The van der Waals surface area contributed by atoms with E-state index < -0.39 is 0 Å². The third-order valence-electron chi connectivity index (χ3n) is 4.00. The minimum Gasteiger partial charge on any atom is -0.492 e. The van der Waals surface area contributed by atoms with E-state index in [0.717, 1.165) is 5.56 Å². The molecule has 1 amide bonds. The Hall–Kier alpha value is -2.11. The van der Waals surface area contributed by atoms with Crippen molar-refractivity contribution >= 4 is 18.3 Å². The molecule has 0 aliphatic carbocycles. The molecule has 2 N–H and O–H groups in total. The van der Waals surface area contributed by atoms with Crippen molar-refractivity contribution in [1.29, 1.82) is 0 Å². The molecule has 0 aliphatic heterocycles. The summed E-state index contributed by atoms with van der Waals surface area (Å²) in [6.07, 6.45) is 0. The number of carbonyl (C=O) groups is 1. The number of halogens is 2. The lowest BCUT2D eigenvalue weighted by atomic mass is 9.94. The summed E-state index contributed by atoms with van der Waals surface area (Å²) < 4.78 is 18.3. The van der Waals surface area contributed by atoms with Crippen LogP contribution in [0, 0.1) is 11.7 Å². The SMILES string of the molecule is CC(C(=O)N(C)CCOc1ccc(F)cc1)C(N)c1ccccc1.Cl. The van der Waals surface area contributed by atoms with Crippen molar-refractivity contribution in [1.82, 2.24) is 4.90 Å². The van der Waals surface area contributed by atoms with Gasteiger partial charge in [-0.25, -0.2) is 4.39 Å². The average molecular weight is 367 g/mol. The predicted molar refractivity (Wildman–Crippen MR) is 99.3 cm³/mol. The van der Waals surface area contributed by atoms with Crippen molar-refractivity contribution in [3.8, 4) is 5.75 Å². The van der Waals surface area contributed by atoms with Gasteiger partial charge in [0.25, 0.3) is 0 Å². The Labute approximate surface area is 154 Å². The second kappa shape index (κ2) is 10.0. The van der Waals surface area contributed by atoms with Gasteiger partial charge in [0.05, 0.1) is 12.5 Å². The predicted octanol–water partition coefficient (Wildman–Crippen LogP) is 3.42. The molecule has 25 heavy (non-hydrogen) atoms. The molecule has 6 heteroatoms. The van der Waals surface area contributed by atoms with Crippen LogP contribution in [0.5, 0.6) is 5.75 Å². The van der Waals surface area contributed by atoms with Crippen LogP contribution in [0.3, 0.4) is 0 Å². The molecular formula is C19H24ClFN2O2. The van der Waals surface area contributed by atoms with Crippen LogP contribution in [-0.4, -0.2) is 31.0 Å². The van der Waals surface area contributed by atoms with E-state index in [0.29, 0.717) is 18.9 Å². The summed E-state index contributed by atoms with van der Waals surface area (Å²) in [5, 5.41) is 0. The van der Waals surface area contributed by atoms with E-state index >= 15 is 0 Å². The zero-order valence-corrected chi connectivity index (χ0v) is 15.2. The van der Waals surface area contributed by atoms with Crippen LogP contribution in [0.1, 0.15) is 18.5 Å². The molecule has 2 unspecified atom stereocenters. The number of ether oxygens (including phenoxy) is 1. The van der Waals surface area contributed by atoms with Gasteiger partial charge in [0.1, 0.15) is 18.2 Å². The second-order valence-corrected chi connectivity index (χ2v) is 5.79. The first-order valence-corrected chi connectivity index (χ1v) is 7.93. The van der Waals surface area contributed by atoms with Crippen LogP contribution in [0.2, 0.25) is 0 Å². The molecule has 2 rings (SSSR count). The number of hydrogen-bond acceptors (Lipinski definition) is 3. The minimum absolute atomic E-state index is 0. The topological polar surface area (TPSA) is 55.6 Å². The molecule has 0 saturated carbocycles. The Kier molecular flexibility index (Phi) is 8.38. The molecule has 0 saturated heterocycles. The lowest BCUT2D eigenvalue weighted by Gasteiger charge is -2.25. The number of benzene rings is 2. The monoisotopic (exact) mass is 366 g/mol. The van der Waals surface area contributed by atoms with Crippen molar-refractivity contribution in [3.05, 3.63) is 66.0 Å². The van der Waals surface area contributed by atoms with Gasteiger partial charge in [-0.2, -0.15) is 0 Å². The number of likely N-dealkylation sites (N-methyl/N-ethyl adjacent to an activating group) is 1. The smallest absolute Gasteiger partial charge is 0.227 e. The fraction of sp³-hybridized carbons (Fsp3) is 0.316. The van der Waals surface area contributed by atoms with E-state index in [-0.39, 0.29) is 36.1 Å². The van der Waals surface area contributed by atoms with Gasteiger partial charge < -0.3 is 15.4 Å². The molecular weight excluding hydrogens is 343 g/mol. The Morgan fingerprint density at radius 1 is 1.16 bits per heavy atom. The van der Waals surface area contributed by atoms with Gasteiger partial charge in [-0.05, 0) is 29.8 Å². The van der Waals surface area contributed by atoms with Crippen molar-refractivity contribution < 1.29 is 13.9 Å². The summed E-state index contributed by atoms with van der Waals surface area (Å²) in [6.45, 7) is 2.60. The van der Waals surface area contributed by atoms with Gasteiger partial charge in [0, 0.05) is 13.1 Å². The summed E-state index contributed by atoms with van der Waals surface area (Å²) >= 11 is 0. The fourth-order valence-corrected chi connectivity index (χ4v) is 2.41. The van der Waals surface area contributed by atoms with E-state index in [2.05, 4.69) is 0 Å². The van der Waals surface area contributed by atoms with Crippen LogP contribution in [0.15, 0.2) is 54.6 Å². The molecule has 4 nitrogen and oxygen atoms in total. The molecule has 0 fully saturated rings. The molecule has 136 valence electrons. The van der Waals surface area contributed by atoms with Crippen LogP contribution in [-0.2, 0) is 4.79 Å². The lowest BCUT2D eigenvalue weighted by molar-refractivity contribution is -0.134. The highest BCUT2D eigenvalue weighted by molar-refractivity contribution is 5.85. The number of rotatable bonds is 7. The van der Waals surface area contributed by atoms with E-state index in [4.69, 9.17) is 10.5 Å². The summed E-state index contributed by atoms with van der Waals surface area (Å²) in [5.74, 6) is -0.0954. The summed E-state index contributed by atoms with van der Waals surface area (Å²) in [5.41, 5.74) is 7.14. The minimum atomic E-state index is -0.348. The van der Waals surface area contributed by atoms with Crippen LogP contribution >= 0.6 is 12.4 Å². The fourth-order valence-electron chi connectivity index (χ4n) is 2.41. The van der Waals surface area contributed by atoms with Crippen LogP contribution in [0.25, 0.3) is 0 Å². The standard InChI is InChI=1S/C19H23FN2O2.ClH/c1-14(18(21)15-6-4-3-5-7-15)19(23)22(2)12-13-24-17-10-8-16(20)9-11-17;/h3-11,14,18H,12-13,21H2,1-2H3;1H. The molecule has 0 bridgehead atoms. The Morgan fingerprint density at radius 3 is 2.36 bits per heavy atom. The summed E-state index contributed by atoms with van der Waals surface area (Å²) in [6, 6.07) is 15.0. The summed E-state index contributed by atoms with van der Waals surface area (Å²) in [4.78, 5) is 14.1. The van der Waals surface area contributed by atoms with Gasteiger partial charge in [-0.1, -0.05) is 37.3 Å². The summed E-state index contributed by atoms with van der Waals surface area (Å²) in [7, 11) is 1.73. The average Bonchev–Trinajstić information content (AvgIpc) is 2.62. The first-order chi connectivity index (χ1) is 11.5. The molecule has 2 aromatic carbocycles. The third kappa shape index (κ3) is 6.03. The molecule has 0 aromatic heterocycles. The van der Waals surface area contributed by atoms with Gasteiger partial charge in [-0.3, -0.25) is 4.79 Å². The number of amides is 1. The van der Waals surface area contributed by atoms with Gasteiger partial charge >= 0.3 is 0 Å². The van der Waals surface area contributed by atoms with Gasteiger partial charge in [0.15, 0.2) is 0 Å². The van der Waals surface area contributed by atoms with Crippen LogP contribution in [0.4, 0.5) is 4.39 Å². The first kappa shape index (κ1) is 20.9. The number of nitrogens with zero attached hydrogens (tertiary/aromatic N) is 1. The quantitative estimate of drug-likeness (QED) is 0.816. The Bertz CT molecular complexity index is 652. The normalized spacial score (nSPS) is 12.6. The number of nitrogens with two attached hydrogens (primary N) is 1. The Balaban J connectivity index is 0.00000312. The van der Waals surface area contributed by atoms with Crippen LogP contribution < -0.4 is 10.5 Å². The maximum Gasteiger partial charge on any atom is 0.227 e. The molecule has 0 radical (unpaired) electrons. The molecule has 0 spiro atoms. The highest BCUT2D eigenvalue weighted by Crippen LogP contribution is 2.20. The van der Waals surface area contributed by atoms with E-state index in [1.165, 1.54) is 12.1 Å². The van der Waals surface area contributed by atoms with Crippen molar-refractivity contribution in [3.63, 3.8) is 0 Å². The highest BCUT2D eigenvalue weighted by atomic mass is 35.5. The van der Waals surface area contributed by atoms with E-state index in [1.807, 2.05) is 37.3 Å². The lowest BCUT2D eigenvalue weighted by Crippen LogP contribution is -2.39. The van der Waals surface area contributed by atoms with E-state index in [1.54, 1.807) is 24.1 Å². The largest absolute Gasteiger partial charge is 0.492 e. The molecule has 0 aliphatic rings. The maximum absolute atomic E-state index is 12.8. The molecule has 2 aromatic rings. The second-order valence-electron chi connectivity index (χ2n) is 5.79. The van der Waals surface area contributed by atoms with Gasteiger partial charge in [-0.15, -0.1) is 12.4 Å². The number of carbonyl (C=O) groups excluding carboxylic acids is 1. The number of hydrogen-bond donors (Lipinski definition) is 1.